The summed E-state index contributed by atoms with van der Waals surface area (Å²) in [4.78, 5) is 24.5. The summed E-state index contributed by atoms with van der Waals surface area (Å²) in [5.41, 5.74) is 1.45. The predicted octanol–water partition coefficient (Wildman–Crippen LogP) is 4.52. The van der Waals surface area contributed by atoms with Crippen LogP contribution in [0.5, 0.6) is 5.75 Å². The Bertz CT molecular complexity index is 760. The molecule has 0 aromatic heterocycles. The minimum absolute atomic E-state index is 0.135. The third kappa shape index (κ3) is 5.49. The molecule has 26 heavy (non-hydrogen) atoms. The minimum atomic E-state index is -0.305. The zero-order valence-electron chi connectivity index (χ0n) is 15.0. The molecular formula is C20H23ClN2O3. The highest BCUT2D eigenvalue weighted by Gasteiger charge is 2.12. The largest absolute Gasteiger partial charge is 0.495 e. The average Bonchev–Trinajstić information content (AvgIpc) is 2.65. The third-order valence-electron chi connectivity index (χ3n) is 3.88. The normalized spacial score (nSPS) is 10.3. The number of carbonyl (C=O) groups is 2. The molecule has 2 rings (SSSR count). The van der Waals surface area contributed by atoms with E-state index in [0.717, 1.165) is 19.3 Å². The van der Waals surface area contributed by atoms with Crippen molar-refractivity contribution in [2.45, 2.75) is 26.2 Å². The van der Waals surface area contributed by atoms with Gasteiger partial charge in [0.2, 0.25) is 0 Å². The van der Waals surface area contributed by atoms with Crippen molar-refractivity contribution >= 4 is 29.1 Å². The van der Waals surface area contributed by atoms with E-state index in [-0.39, 0.29) is 11.8 Å². The lowest BCUT2D eigenvalue weighted by molar-refractivity contribution is 0.0951. The van der Waals surface area contributed by atoms with E-state index in [2.05, 4.69) is 17.6 Å². The fourth-order valence-corrected chi connectivity index (χ4v) is 2.60. The summed E-state index contributed by atoms with van der Waals surface area (Å²) in [6.07, 6.45) is 3.16. The third-order valence-corrected chi connectivity index (χ3v) is 4.12. The first kappa shape index (κ1) is 19.8. The van der Waals surface area contributed by atoms with Crippen LogP contribution in [0, 0.1) is 0 Å². The molecule has 2 aromatic rings. The molecule has 0 aliphatic heterocycles. The molecule has 138 valence electrons. The van der Waals surface area contributed by atoms with Gasteiger partial charge < -0.3 is 15.4 Å². The van der Waals surface area contributed by atoms with Gasteiger partial charge in [-0.25, -0.2) is 0 Å². The summed E-state index contributed by atoms with van der Waals surface area (Å²) in [5, 5.41) is 6.14. The van der Waals surface area contributed by atoms with Gasteiger partial charge in [-0.1, -0.05) is 31.4 Å². The van der Waals surface area contributed by atoms with Crippen LogP contribution in [0.15, 0.2) is 42.5 Å². The number of nitrogens with one attached hydrogen (secondary N) is 2. The topological polar surface area (TPSA) is 67.4 Å². The lowest BCUT2D eigenvalue weighted by atomic mass is 10.1. The van der Waals surface area contributed by atoms with E-state index in [4.69, 9.17) is 16.3 Å². The second-order valence-corrected chi connectivity index (χ2v) is 6.28. The highest BCUT2D eigenvalue weighted by molar-refractivity contribution is 6.31. The van der Waals surface area contributed by atoms with E-state index in [9.17, 15) is 9.59 Å². The molecule has 0 heterocycles. The Kier molecular flexibility index (Phi) is 7.48. The highest BCUT2D eigenvalue weighted by Crippen LogP contribution is 2.28. The lowest BCUT2D eigenvalue weighted by Crippen LogP contribution is -2.24. The number of rotatable bonds is 8. The molecule has 0 bridgehead atoms. The zero-order valence-corrected chi connectivity index (χ0v) is 15.7. The first-order chi connectivity index (χ1) is 12.5. The predicted molar refractivity (Wildman–Crippen MR) is 104 cm³/mol. The molecule has 6 heteroatoms. The summed E-state index contributed by atoms with van der Waals surface area (Å²) in [7, 11) is 1.52. The molecule has 2 N–H and O–H groups in total. The summed E-state index contributed by atoms with van der Waals surface area (Å²) in [6, 6.07) is 11.5. The molecule has 0 unspecified atom stereocenters. The summed E-state index contributed by atoms with van der Waals surface area (Å²) >= 11 is 5.97. The molecule has 0 saturated carbocycles. The smallest absolute Gasteiger partial charge is 0.255 e. The van der Waals surface area contributed by atoms with Crippen molar-refractivity contribution in [3.8, 4) is 5.75 Å². The van der Waals surface area contributed by atoms with E-state index >= 15 is 0 Å². The number of benzene rings is 2. The Balaban J connectivity index is 2.00. The van der Waals surface area contributed by atoms with Gasteiger partial charge in [0, 0.05) is 22.7 Å². The lowest BCUT2D eigenvalue weighted by Gasteiger charge is -2.11. The summed E-state index contributed by atoms with van der Waals surface area (Å²) in [6.45, 7) is 2.77. The van der Waals surface area contributed by atoms with Crippen LogP contribution in [0.25, 0.3) is 0 Å². The van der Waals surface area contributed by atoms with Gasteiger partial charge in [0.05, 0.1) is 12.8 Å². The van der Waals surface area contributed by atoms with E-state index in [1.807, 2.05) is 0 Å². The first-order valence-corrected chi connectivity index (χ1v) is 8.96. The van der Waals surface area contributed by atoms with E-state index in [1.165, 1.54) is 7.11 Å². The maximum atomic E-state index is 12.4. The summed E-state index contributed by atoms with van der Waals surface area (Å²) < 4.78 is 5.22. The van der Waals surface area contributed by atoms with Gasteiger partial charge in [0.15, 0.2) is 0 Å². The quantitative estimate of drug-likeness (QED) is 0.667. The highest BCUT2D eigenvalue weighted by atomic mass is 35.5. The van der Waals surface area contributed by atoms with Gasteiger partial charge in [0.25, 0.3) is 11.8 Å². The maximum absolute atomic E-state index is 12.4. The monoisotopic (exact) mass is 374 g/mol. The number of carbonyl (C=O) groups excluding carboxylic acids is 2. The Morgan fingerprint density at radius 3 is 2.27 bits per heavy atom. The molecular weight excluding hydrogens is 352 g/mol. The van der Waals surface area contributed by atoms with E-state index < -0.39 is 0 Å². The van der Waals surface area contributed by atoms with Crippen LogP contribution in [-0.2, 0) is 0 Å². The molecule has 2 aromatic carbocycles. The number of methoxy groups -OCH3 is 1. The van der Waals surface area contributed by atoms with Gasteiger partial charge >= 0.3 is 0 Å². The number of hydrogen-bond acceptors (Lipinski definition) is 3. The molecule has 5 nitrogen and oxygen atoms in total. The van der Waals surface area contributed by atoms with Crippen molar-refractivity contribution in [3.05, 3.63) is 58.6 Å². The van der Waals surface area contributed by atoms with Gasteiger partial charge in [-0.3, -0.25) is 9.59 Å². The van der Waals surface area contributed by atoms with Crippen LogP contribution < -0.4 is 15.4 Å². The molecule has 0 atom stereocenters. The SMILES string of the molecule is CCCCCNC(=O)c1ccc(C(=O)Nc2cc(Cl)ccc2OC)cc1. The number of hydrogen-bond donors (Lipinski definition) is 2. The van der Waals surface area contributed by atoms with E-state index in [1.54, 1.807) is 42.5 Å². The molecule has 0 radical (unpaired) electrons. The molecule has 0 aliphatic carbocycles. The fourth-order valence-electron chi connectivity index (χ4n) is 2.42. The van der Waals surface area contributed by atoms with E-state index in [0.29, 0.717) is 34.1 Å². The fraction of sp³-hybridized carbons (Fsp3) is 0.300. The molecule has 2 amide bonds. The standard InChI is InChI=1S/C20H23ClN2O3/c1-3-4-5-12-22-19(24)14-6-8-15(9-7-14)20(25)23-17-13-16(21)10-11-18(17)26-2/h6-11,13H,3-5,12H2,1-2H3,(H,22,24)(H,23,25). The molecule has 0 saturated heterocycles. The molecule has 0 aliphatic rings. The minimum Gasteiger partial charge on any atom is -0.495 e. The molecule has 0 spiro atoms. The Hall–Kier alpha value is -2.53. The first-order valence-electron chi connectivity index (χ1n) is 8.58. The van der Waals surface area contributed by atoms with Crippen LogP contribution in [0.1, 0.15) is 46.9 Å². The number of unbranched alkanes of at least 4 members (excludes halogenated alkanes) is 2. The number of ether oxygens (including phenoxy) is 1. The van der Waals surface area contributed by atoms with Crippen LogP contribution in [0.3, 0.4) is 0 Å². The van der Waals surface area contributed by atoms with Crippen LogP contribution in [0.2, 0.25) is 5.02 Å². The molecule has 0 fully saturated rings. The Morgan fingerprint density at radius 1 is 1.00 bits per heavy atom. The van der Waals surface area contributed by atoms with Crippen molar-refractivity contribution < 1.29 is 14.3 Å². The summed E-state index contributed by atoms with van der Waals surface area (Å²) in [5.74, 6) is 0.0795. The van der Waals surface area contributed by atoms with Crippen LogP contribution >= 0.6 is 11.6 Å². The maximum Gasteiger partial charge on any atom is 0.255 e. The van der Waals surface area contributed by atoms with Gasteiger partial charge in [-0.2, -0.15) is 0 Å². The Morgan fingerprint density at radius 2 is 1.65 bits per heavy atom. The number of anilines is 1. The van der Waals surface area contributed by atoms with Crippen molar-refractivity contribution in [2.24, 2.45) is 0 Å². The average molecular weight is 375 g/mol. The second kappa shape index (κ2) is 9.82. The zero-order chi connectivity index (χ0) is 18.9. The van der Waals surface area contributed by atoms with Crippen molar-refractivity contribution in [1.82, 2.24) is 5.32 Å². The van der Waals surface area contributed by atoms with Crippen molar-refractivity contribution in [3.63, 3.8) is 0 Å². The van der Waals surface area contributed by atoms with Gasteiger partial charge in [-0.15, -0.1) is 0 Å². The van der Waals surface area contributed by atoms with Gasteiger partial charge in [-0.05, 0) is 48.9 Å². The van der Waals surface area contributed by atoms with Crippen LogP contribution in [-0.4, -0.2) is 25.5 Å². The number of halogens is 1. The van der Waals surface area contributed by atoms with Crippen molar-refractivity contribution in [1.29, 1.82) is 0 Å². The number of amides is 2. The van der Waals surface area contributed by atoms with Crippen molar-refractivity contribution in [2.75, 3.05) is 19.0 Å². The Labute approximate surface area is 158 Å². The second-order valence-electron chi connectivity index (χ2n) is 5.84. The van der Waals surface area contributed by atoms with Gasteiger partial charge in [0.1, 0.15) is 5.75 Å². The van der Waals surface area contributed by atoms with Crippen LogP contribution in [0.4, 0.5) is 5.69 Å².